The smallest absolute Gasteiger partial charge is 0.260 e. The van der Waals surface area contributed by atoms with E-state index in [1.807, 2.05) is 44.7 Å². The average Bonchev–Trinajstić information content (AvgIpc) is 2.99. The monoisotopic (exact) mass is 445 g/mol. The molecule has 2 aliphatic heterocycles. The van der Waals surface area contributed by atoms with Gasteiger partial charge in [-0.3, -0.25) is 14.4 Å². The van der Waals surface area contributed by atoms with Crippen LogP contribution in [0.5, 0.6) is 11.5 Å². The van der Waals surface area contributed by atoms with E-state index in [0.717, 1.165) is 5.75 Å². The van der Waals surface area contributed by atoms with Crippen molar-refractivity contribution < 1.29 is 23.9 Å². The van der Waals surface area contributed by atoms with Gasteiger partial charge in [0.05, 0.1) is 12.5 Å². The van der Waals surface area contributed by atoms with Crippen molar-refractivity contribution in [2.24, 2.45) is 5.92 Å². The van der Waals surface area contributed by atoms with Crippen LogP contribution in [-0.4, -0.2) is 83.9 Å². The molecule has 0 bridgehead atoms. The van der Waals surface area contributed by atoms with Crippen molar-refractivity contribution in [2.45, 2.75) is 46.1 Å². The number of carbonyl (C=O) groups excluding carboxylic acids is 3. The first kappa shape index (κ1) is 23.9. The van der Waals surface area contributed by atoms with Crippen molar-refractivity contribution in [3.63, 3.8) is 0 Å². The number of hydrogen-bond acceptors (Lipinski definition) is 5. The third-order valence-electron chi connectivity index (χ3n) is 5.94. The molecule has 1 aromatic carbocycles. The molecule has 8 nitrogen and oxygen atoms in total. The third kappa shape index (κ3) is 5.93. The van der Waals surface area contributed by atoms with Gasteiger partial charge in [0.15, 0.2) is 6.61 Å². The highest BCUT2D eigenvalue weighted by atomic mass is 16.5. The van der Waals surface area contributed by atoms with Gasteiger partial charge in [0.2, 0.25) is 11.8 Å². The van der Waals surface area contributed by atoms with Crippen LogP contribution >= 0.6 is 0 Å². The first-order chi connectivity index (χ1) is 15.2. The minimum atomic E-state index is -0.299. The molecule has 0 saturated carbocycles. The zero-order valence-corrected chi connectivity index (χ0v) is 19.6. The fourth-order valence-electron chi connectivity index (χ4n) is 4.20. The fourth-order valence-corrected chi connectivity index (χ4v) is 4.20. The summed E-state index contributed by atoms with van der Waals surface area (Å²) in [6.45, 7) is 11.1. The van der Waals surface area contributed by atoms with Crippen molar-refractivity contribution >= 4 is 17.7 Å². The van der Waals surface area contributed by atoms with Crippen molar-refractivity contribution in [1.82, 2.24) is 14.7 Å². The van der Waals surface area contributed by atoms with Gasteiger partial charge >= 0.3 is 0 Å². The standard InChI is InChI=1S/C24H35N3O5/c1-5-31-19-7-9-20(10-8-19)32-17-22(29)25-11-6-12-26(14-13-25)23(30)18-15-21(28)27(16-18)24(2,3)4/h7-10,18H,5-6,11-17H2,1-4H3. The van der Waals surface area contributed by atoms with Crippen LogP contribution in [0.15, 0.2) is 24.3 Å². The molecule has 3 rings (SSSR count). The van der Waals surface area contributed by atoms with Gasteiger partial charge in [0.1, 0.15) is 11.5 Å². The van der Waals surface area contributed by atoms with Crippen LogP contribution in [-0.2, 0) is 14.4 Å². The molecule has 3 amide bonds. The second kappa shape index (κ2) is 10.2. The number of benzene rings is 1. The zero-order chi connectivity index (χ0) is 23.3. The van der Waals surface area contributed by atoms with Crippen LogP contribution in [0.2, 0.25) is 0 Å². The van der Waals surface area contributed by atoms with Crippen LogP contribution in [0.3, 0.4) is 0 Å². The minimum absolute atomic E-state index is 0.0186. The molecule has 2 heterocycles. The molecule has 0 aliphatic carbocycles. The number of likely N-dealkylation sites (tertiary alicyclic amines) is 1. The van der Waals surface area contributed by atoms with Crippen molar-refractivity contribution in [3.05, 3.63) is 24.3 Å². The fraction of sp³-hybridized carbons (Fsp3) is 0.625. The van der Waals surface area contributed by atoms with Crippen molar-refractivity contribution in [1.29, 1.82) is 0 Å². The molecule has 0 aromatic heterocycles. The summed E-state index contributed by atoms with van der Waals surface area (Å²) in [4.78, 5) is 43.4. The Balaban J connectivity index is 1.48. The second-order valence-electron chi connectivity index (χ2n) is 9.33. The van der Waals surface area contributed by atoms with E-state index in [-0.39, 0.29) is 42.2 Å². The van der Waals surface area contributed by atoms with Crippen LogP contribution in [0.1, 0.15) is 40.5 Å². The summed E-state index contributed by atoms with van der Waals surface area (Å²) in [7, 11) is 0. The Morgan fingerprint density at radius 1 is 0.969 bits per heavy atom. The van der Waals surface area contributed by atoms with Crippen LogP contribution in [0.4, 0.5) is 0 Å². The summed E-state index contributed by atoms with van der Waals surface area (Å²) in [6, 6.07) is 7.19. The van der Waals surface area contributed by atoms with E-state index in [1.165, 1.54) is 0 Å². The van der Waals surface area contributed by atoms with Crippen LogP contribution < -0.4 is 9.47 Å². The van der Waals surface area contributed by atoms with Crippen LogP contribution in [0, 0.1) is 5.92 Å². The molecular formula is C24H35N3O5. The first-order valence-electron chi connectivity index (χ1n) is 11.4. The van der Waals surface area contributed by atoms with Crippen LogP contribution in [0.25, 0.3) is 0 Å². The summed E-state index contributed by atoms with van der Waals surface area (Å²) < 4.78 is 11.0. The highest BCUT2D eigenvalue weighted by molar-refractivity contribution is 5.89. The topological polar surface area (TPSA) is 79.4 Å². The normalized spacial score (nSPS) is 19.7. The SMILES string of the molecule is CCOc1ccc(OCC(=O)N2CCCN(C(=O)C3CC(=O)N(C(C)(C)C)C3)CC2)cc1. The van der Waals surface area contributed by atoms with E-state index in [2.05, 4.69) is 0 Å². The molecule has 2 aliphatic rings. The minimum Gasteiger partial charge on any atom is -0.494 e. The summed E-state index contributed by atoms with van der Waals surface area (Å²) in [5.74, 6) is 1.04. The maximum atomic E-state index is 13.0. The molecule has 0 radical (unpaired) electrons. The lowest BCUT2D eigenvalue weighted by Gasteiger charge is -2.32. The van der Waals surface area contributed by atoms with Gasteiger partial charge in [-0.1, -0.05) is 0 Å². The summed E-state index contributed by atoms with van der Waals surface area (Å²) in [5.41, 5.74) is -0.280. The molecule has 0 N–H and O–H groups in total. The lowest BCUT2D eigenvalue weighted by Crippen LogP contribution is -2.44. The Morgan fingerprint density at radius 3 is 2.16 bits per heavy atom. The van der Waals surface area contributed by atoms with E-state index in [4.69, 9.17) is 9.47 Å². The zero-order valence-electron chi connectivity index (χ0n) is 19.6. The number of rotatable bonds is 6. The molecule has 1 unspecified atom stereocenters. The Morgan fingerprint density at radius 2 is 1.56 bits per heavy atom. The molecular weight excluding hydrogens is 410 g/mol. The average molecular weight is 446 g/mol. The van der Waals surface area contributed by atoms with Gasteiger partial charge < -0.3 is 24.2 Å². The molecule has 0 spiro atoms. The first-order valence-corrected chi connectivity index (χ1v) is 11.4. The number of amides is 3. The maximum Gasteiger partial charge on any atom is 0.260 e. The lowest BCUT2D eigenvalue weighted by atomic mass is 10.1. The van der Waals surface area contributed by atoms with Gasteiger partial charge in [0.25, 0.3) is 5.91 Å². The van der Waals surface area contributed by atoms with Gasteiger partial charge in [-0.2, -0.15) is 0 Å². The molecule has 176 valence electrons. The van der Waals surface area contributed by atoms with Crippen molar-refractivity contribution in [2.75, 3.05) is 45.9 Å². The van der Waals surface area contributed by atoms with Gasteiger partial charge in [0, 0.05) is 44.7 Å². The Hall–Kier alpha value is -2.77. The van der Waals surface area contributed by atoms with E-state index in [9.17, 15) is 14.4 Å². The molecule has 8 heteroatoms. The summed E-state index contributed by atoms with van der Waals surface area (Å²) >= 11 is 0. The largest absolute Gasteiger partial charge is 0.494 e. The van der Waals surface area contributed by atoms with E-state index in [1.54, 1.807) is 21.9 Å². The van der Waals surface area contributed by atoms with E-state index < -0.39 is 0 Å². The molecule has 32 heavy (non-hydrogen) atoms. The molecule has 1 aromatic rings. The van der Waals surface area contributed by atoms with Gasteiger partial charge in [-0.05, 0) is 58.4 Å². The molecule has 1 atom stereocenters. The van der Waals surface area contributed by atoms with E-state index in [0.29, 0.717) is 51.5 Å². The number of hydrogen-bond donors (Lipinski definition) is 0. The highest BCUT2D eigenvalue weighted by Gasteiger charge is 2.41. The van der Waals surface area contributed by atoms with Crippen molar-refractivity contribution in [3.8, 4) is 11.5 Å². The number of nitrogens with zero attached hydrogens (tertiary/aromatic N) is 3. The quantitative estimate of drug-likeness (QED) is 0.671. The Labute approximate surface area is 190 Å². The van der Waals surface area contributed by atoms with E-state index >= 15 is 0 Å². The summed E-state index contributed by atoms with van der Waals surface area (Å²) in [5, 5.41) is 0. The van der Waals surface area contributed by atoms with Gasteiger partial charge in [-0.25, -0.2) is 0 Å². The van der Waals surface area contributed by atoms with Gasteiger partial charge in [-0.15, -0.1) is 0 Å². The lowest BCUT2D eigenvalue weighted by molar-refractivity contribution is -0.137. The molecule has 2 fully saturated rings. The number of carbonyl (C=O) groups is 3. The Bertz CT molecular complexity index is 818. The summed E-state index contributed by atoms with van der Waals surface area (Å²) in [6.07, 6.45) is 0.982. The predicted molar refractivity (Wildman–Crippen MR) is 120 cm³/mol. The third-order valence-corrected chi connectivity index (χ3v) is 5.94. The Kier molecular flexibility index (Phi) is 7.64. The second-order valence-corrected chi connectivity index (χ2v) is 9.33. The molecule has 2 saturated heterocycles. The predicted octanol–water partition coefficient (Wildman–Crippen LogP) is 2.17. The number of ether oxygens (including phenoxy) is 2. The maximum absolute atomic E-state index is 13.0. The highest BCUT2D eigenvalue weighted by Crippen LogP contribution is 2.27.